The fourth-order valence-corrected chi connectivity index (χ4v) is 11.6. The van der Waals surface area contributed by atoms with Gasteiger partial charge >= 0.3 is 143 Å². The van der Waals surface area contributed by atoms with Crippen LogP contribution in [0.4, 0.5) is 220 Å². The minimum Gasteiger partial charge on any atom is -0.194 e. The van der Waals surface area contributed by atoms with Crippen LogP contribution in [0.25, 0.3) is 11.1 Å². The van der Waals surface area contributed by atoms with Crippen LogP contribution in [0.3, 0.4) is 0 Å². The van der Waals surface area contributed by atoms with Crippen LogP contribution >= 0.6 is 0 Å². The minimum atomic E-state index is -10.0. The van der Waals surface area contributed by atoms with Gasteiger partial charge in [0.25, 0.3) is 0 Å². The molecular formula is C61H56F50. The molecular weight excluding hydrogens is 1680 g/mol. The van der Waals surface area contributed by atoms with Crippen molar-refractivity contribution in [1.82, 2.24) is 0 Å². The highest BCUT2D eigenvalue weighted by Gasteiger charge is 3.02. The summed E-state index contributed by atoms with van der Waals surface area (Å²) in [5.41, 5.74) is -15.1. The molecule has 2 aromatic rings. The van der Waals surface area contributed by atoms with Crippen molar-refractivity contribution in [3.63, 3.8) is 0 Å². The summed E-state index contributed by atoms with van der Waals surface area (Å²) in [6.45, 7) is 3.56. The Morgan fingerprint density at radius 3 is 0.514 bits per heavy atom. The van der Waals surface area contributed by atoms with Gasteiger partial charge in [-0.1, -0.05) is 167 Å². The van der Waals surface area contributed by atoms with Crippen molar-refractivity contribution in [1.29, 1.82) is 0 Å². The third-order valence-electron chi connectivity index (χ3n) is 18.6. The second-order valence-corrected chi connectivity index (χ2v) is 26.1. The smallest absolute Gasteiger partial charge is 0.194 e. The van der Waals surface area contributed by atoms with Crippen LogP contribution in [0.1, 0.15) is 177 Å². The first-order chi connectivity index (χ1) is 49.0. The minimum absolute atomic E-state index is 0.0879. The molecule has 0 saturated carbocycles. The summed E-state index contributed by atoms with van der Waals surface area (Å²) >= 11 is 0. The van der Waals surface area contributed by atoms with E-state index in [1.165, 1.54) is 0 Å². The maximum Gasteiger partial charge on any atom is 0.460 e. The summed E-state index contributed by atoms with van der Waals surface area (Å²) in [5.74, 6) is -208. The summed E-state index contributed by atoms with van der Waals surface area (Å²) < 4.78 is 729. The average Bonchev–Trinajstić information content (AvgIpc) is 1.25. The number of fused-ring (bicyclic) bond motifs is 3. The van der Waals surface area contributed by atoms with Crippen LogP contribution in [-0.2, 0) is 17.3 Å². The van der Waals surface area contributed by atoms with E-state index in [1.807, 2.05) is 0 Å². The number of hydrogen-bond donors (Lipinski definition) is 0. The second kappa shape index (κ2) is 31.1. The van der Waals surface area contributed by atoms with E-state index in [4.69, 9.17) is 0 Å². The van der Waals surface area contributed by atoms with Gasteiger partial charge in [-0.15, -0.1) is 0 Å². The standard InChI is InChI=1S/C61H56F50/c1-3-5-7-9-11-13-15-17-19-21-27-37(28-22-20-18-16-14-12-10-8-6-4-2)35-29-31(38(62,63)40(66,67)42(70,71)44(74,75)46(78,79)48(82,83)50(86,87)52(90,91)54(94,95)56(98,99)58(102,103)60(106,107)108)23-25-33(35)34-26-24-32(30-36(34)37)39(64,65)41(68,69)43(72,73)45(76,77)47(80,81)49(84,85)51(88,89)53(92,93)55(96,97)57(100,101)59(104,105)61(109,110)111/h23-26,29-30H,3-22,27-28H2,1-2H3. The Labute approximate surface area is 592 Å². The van der Waals surface area contributed by atoms with Gasteiger partial charge in [0.2, 0.25) is 0 Å². The topological polar surface area (TPSA) is 0 Å². The fourth-order valence-electron chi connectivity index (χ4n) is 11.6. The molecule has 50 heteroatoms. The van der Waals surface area contributed by atoms with Gasteiger partial charge in [-0.05, 0) is 47.2 Å². The number of benzene rings is 2. The van der Waals surface area contributed by atoms with Crippen LogP contribution < -0.4 is 0 Å². The Bertz CT molecular complexity index is 3200. The van der Waals surface area contributed by atoms with Gasteiger partial charge in [0.1, 0.15) is 0 Å². The highest BCUT2D eigenvalue weighted by atomic mass is 19.5. The lowest BCUT2D eigenvalue weighted by Crippen LogP contribution is -2.78. The van der Waals surface area contributed by atoms with E-state index in [-0.39, 0.29) is 50.7 Å². The van der Waals surface area contributed by atoms with Gasteiger partial charge in [0.15, 0.2) is 0 Å². The van der Waals surface area contributed by atoms with E-state index in [2.05, 4.69) is 0 Å². The fraction of sp³-hybridized carbons (Fsp3) is 0.803. The van der Waals surface area contributed by atoms with Gasteiger partial charge in [0.05, 0.1) is 0 Å². The zero-order valence-corrected chi connectivity index (χ0v) is 55.4. The van der Waals surface area contributed by atoms with E-state index >= 15 is 87.8 Å². The first kappa shape index (κ1) is 100. The largest absolute Gasteiger partial charge is 0.460 e. The molecule has 1 aliphatic rings. The third-order valence-corrected chi connectivity index (χ3v) is 18.6. The molecule has 0 radical (unpaired) electrons. The Hall–Kier alpha value is -5.06. The van der Waals surface area contributed by atoms with Gasteiger partial charge < -0.3 is 0 Å². The molecule has 0 atom stereocenters. The van der Waals surface area contributed by atoms with Crippen molar-refractivity contribution in [3.05, 3.63) is 58.7 Å². The molecule has 0 spiro atoms. The Morgan fingerprint density at radius 2 is 0.342 bits per heavy atom. The highest BCUT2D eigenvalue weighted by molar-refractivity contribution is 5.82. The predicted molar refractivity (Wildman–Crippen MR) is 284 cm³/mol. The quantitative estimate of drug-likeness (QED) is 0.0458. The van der Waals surface area contributed by atoms with E-state index in [0.717, 1.165) is 0 Å². The van der Waals surface area contributed by atoms with Gasteiger partial charge in [-0.25, -0.2) is 0 Å². The van der Waals surface area contributed by atoms with E-state index in [9.17, 15) is 132 Å². The van der Waals surface area contributed by atoms with E-state index in [0.29, 0.717) is 77.0 Å². The Morgan fingerprint density at radius 1 is 0.189 bits per heavy atom. The van der Waals surface area contributed by atoms with Gasteiger partial charge in [-0.2, -0.15) is 220 Å². The summed E-state index contributed by atoms with van der Waals surface area (Å²) in [6.07, 6.45) is -14.8. The van der Waals surface area contributed by atoms with Crippen molar-refractivity contribution in [2.75, 3.05) is 0 Å². The molecule has 0 unspecified atom stereocenters. The normalized spacial score (nSPS) is 16.4. The van der Waals surface area contributed by atoms with E-state index < -0.39 is 231 Å². The monoisotopic (exact) mass is 1740 g/mol. The van der Waals surface area contributed by atoms with Crippen LogP contribution in [0.15, 0.2) is 36.4 Å². The molecule has 0 bridgehead atoms. The van der Waals surface area contributed by atoms with Crippen molar-refractivity contribution < 1.29 is 220 Å². The van der Waals surface area contributed by atoms with Crippen LogP contribution in [0, 0.1) is 0 Å². The number of unbranched alkanes of at least 4 members (excludes halogenated alkanes) is 18. The summed E-state index contributed by atoms with van der Waals surface area (Å²) in [6, 6.07) is -3.86. The molecule has 0 aromatic heterocycles. The van der Waals surface area contributed by atoms with Crippen molar-refractivity contribution >= 4 is 0 Å². The van der Waals surface area contributed by atoms with E-state index in [1.54, 1.807) is 13.8 Å². The molecule has 0 N–H and O–H groups in total. The van der Waals surface area contributed by atoms with Crippen LogP contribution in [0.5, 0.6) is 0 Å². The van der Waals surface area contributed by atoms with Gasteiger partial charge in [-0.3, -0.25) is 0 Å². The second-order valence-electron chi connectivity index (χ2n) is 26.1. The van der Waals surface area contributed by atoms with Crippen molar-refractivity contribution in [2.24, 2.45) is 0 Å². The highest BCUT2D eigenvalue weighted by Crippen LogP contribution is 2.72. The maximum absolute atomic E-state index is 16.4. The SMILES string of the molecule is CCCCCCCCCCCCC1(CCCCCCCCCCCC)c2cc(C(F)(F)C(F)(F)C(F)(F)C(F)(F)C(F)(F)C(F)(F)C(F)(F)C(F)(F)C(F)(F)C(F)(F)C(F)(F)C(F)(F)F)ccc2-c2ccc(C(F)(F)C(F)(F)C(F)(F)C(F)(F)C(F)(F)C(F)(F)C(F)(F)C(F)(F)C(F)(F)C(F)(F)C(F)(F)C(F)(F)F)cc21. The average molecular weight is 1740 g/mol. The zero-order chi connectivity index (χ0) is 87.8. The molecule has 0 fully saturated rings. The summed E-state index contributed by atoms with van der Waals surface area (Å²) in [4.78, 5) is 0. The molecule has 0 aliphatic heterocycles. The van der Waals surface area contributed by atoms with Gasteiger partial charge in [0, 0.05) is 16.5 Å². The molecule has 1 aliphatic carbocycles. The molecule has 0 amide bonds. The summed E-state index contributed by atoms with van der Waals surface area (Å²) in [7, 11) is 0. The molecule has 650 valence electrons. The zero-order valence-electron chi connectivity index (χ0n) is 55.4. The molecule has 0 heterocycles. The summed E-state index contributed by atoms with van der Waals surface area (Å²) in [5, 5.41) is 0. The molecule has 0 nitrogen and oxygen atoms in total. The molecule has 0 saturated heterocycles. The Kier molecular flexibility index (Phi) is 28.1. The lowest BCUT2D eigenvalue weighted by Gasteiger charge is -2.45. The predicted octanol–water partition coefficient (Wildman–Crippen LogP) is 28.6. The number of hydrogen-bond acceptors (Lipinski definition) is 0. The lowest BCUT2D eigenvalue weighted by molar-refractivity contribution is -0.482. The lowest BCUT2D eigenvalue weighted by atomic mass is 9.69. The van der Waals surface area contributed by atoms with Crippen LogP contribution in [-0.4, -0.2) is 131 Å². The molecule has 2 aromatic carbocycles. The van der Waals surface area contributed by atoms with Crippen molar-refractivity contribution in [3.8, 4) is 11.1 Å². The number of halogens is 50. The number of alkyl halides is 50. The maximum atomic E-state index is 16.4. The first-order valence-corrected chi connectivity index (χ1v) is 31.8. The van der Waals surface area contributed by atoms with Crippen molar-refractivity contribution in [2.45, 2.75) is 303 Å². The Balaban J connectivity index is 2.51. The molecule has 111 heavy (non-hydrogen) atoms. The number of rotatable bonds is 44. The van der Waals surface area contributed by atoms with Crippen LogP contribution in [0.2, 0.25) is 0 Å². The third kappa shape index (κ3) is 14.9. The molecule has 3 rings (SSSR count). The first-order valence-electron chi connectivity index (χ1n) is 31.8.